The smallest absolute Gasteiger partial charge is 0.435 e. The van der Waals surface area contributed by atoms with Crippen LogP contribution in [0.5, 0.6) is 5.88 Å². The van der Waals surface area contributed by atoms with Crippen molar-refractivity contribution in [2.75, 3.05) is 6.61 Å². The van der Waals surface area contributed by atoms with E-state index in [0.29, 0.717) is 15.9 Å². The van der Waals surface area contributed by atoms with Crippen LogP contribution in [0.1, 0.15) is 6.92 Å². The molecule has 1 aromatic carbocycles. The third-order valence-electron chi connectivity index (χ3n) is 2.06. The zero-order valence-corrected chi connectivity index (χ0v) is 9.23. The van der Waals surface area contributed by atoms with Gasteiger partial charge >= 0.3 is 6.09 Å². The molecule has 0 fully saturated rings. The number of carbonyl (C=O) groups is 1. The minimum atomic E-state index is -0.630. The van der Waals surface area contributed by atoms with Gasteiger partial charge in [-0.3, -0.25) is 0 Å². The van der Waals surface area contributed by atoms with Crippen LogP contribution in [0.15, 0.2) is 18.2 Å². The number of nitrogens with zero attached hydrogens (tertiary/aromatic N) is 2. The average Bonchev–Trinajstić information content (AvgIpc) is 2.56. The summed E-state index contributed by atoms with van der Waals surface area (Å²) in [6.07, 6.45) is -0.630. The lowest BCUT2D eigenvalue weighted by molar-refractivity contribution is 0.151. The highest BCUT2D eigenvalue weighted by Gasteiger charge is 2.15. The van der Waals surface area contributed by atoms with E-state index in [-0.39, 0.29) is 12.5 Å². The van der Waals surface area contributed by atoms with Crippen molar-refractivity contribution in [3.05, 3.63) is 23.2 Å². The number of benzene rings is 1. The summed E-state index contributed by atoms with van der Waals surface area (Å²) < 4.78 is 5.80. The highest BCUT2D eigenvalue weighted by atomic mass is 35.5. The Hall–Kier alpha value is -1.75. The van der Waals surface area contributed by atoms with Crippen LogP contribution in [0.25, 0.3) is 10.9 Å². The van der Waals surface area contributed by atoms with E-state index in [0.717, 1.165) is 4.68 Å². The molecule has 6 heteroatoms. The molecule has 1 aromatic heterocycles. The Morgan fingerprint density at radius 3 is 3.06 bits per heavy atom. The molecule has 2 aromatic rings. The first-order valence-corrected chi connectivity index (χ1v) is 5.05. The summed E-state index contributed by atoms with van der Waals surface area (Å²) in [4.78, 5) is 11.5. The summed E-state index contributed by atoms with van der Waals surface area (Å²) >= 11 is 5.78. The van der Waals surface area contributed by atoms with E-state index in [1.807, 2.05) is 0 Å². The van der Waals surface area contributed by atoms with Crippen LogP contribution in [0.4, 0.5) is 4.79 Å². The molecule has 84 valence electrons. The number of carbonyl (C=O) groups excluding carboxylic acids is 1. The van der Waals surface area contributed by atoms with Gasteiger partial charge in [0.05, 0.1) is 17.5 Å². The average molecular weight is 241 g/mol. The Kier molecular flexibility index (Phi) is 2.70. The highest BCUT2D eigenvalue weighted by Crippen LogP contribution is 2.26. The van der Waals surface area contributed by atoms with E-state index >= 15 is 0 Å². The molecular weight excluding hydrogens is 232 g/mol. The fourth-order valence-electron chi connectivity index (χ4n) is 1.40. The van der Waals surface area contributed by atoms with Crippen molar-refractivity contribution in [3.63, 3.8) is 0 Å². The second-order valence-corrected chi connectivity index (χ2v) is 3.53. The van der Waals surface area contributed by atoms with Gasteiger partial charge in [0.25, 0.3) is 0 Å². The van der Waals surface area contributed by atoms with E-state index in [9.17, 15) is 9.90 Å². The van der Waals surface area contributed by atoms with Gasteiger partial charge in [0.2, 0.25) is 5.88 Å². The molecule has 0 radical (unpaired) electrons. The van der Waals surface area contributed by atoms with Gasteiger partial charge in [-0.2, -0.15) is 4.68 Å². The maximum absolute atomic E-state index is 11.5. The first-order valence-electron chi connectivity index (χ1n) is 4.68. The van der Waals surface area contributed by atoms with Gasteiger partial charge in [0, 0.05) is 5.02 Å². The van der Waals surface area contributed by atoms with Crippen LogP contribution in [-0.2, 0) is 4.74 Å². The lowest BCUT2D eigenvalue weighted by Gasteiger charge is -2.01. The Balaban J connectivity index is 2.59. The van der Waals surface area contributed by atoms with Gasteiger partial charge in [-0.25, -0.2) is 4.79 Å². The second-order valence-electron chi connectivity index (χ2n) is 3.10. The molecule has 16 heavy (non-hydrogen) atoms. The number of aromatic hydroxyl groups is 1. The number of ether oxygens (including phenoxy) is 1. The standard InChI is InChI=1S/C10H9ClN2O3/c1-2-16-10(15)13-8-4-3-6(11)5-7(8)9(14)12-13/h3-5H,2H2,1H3,(H,12,14). The van der Waals surface area contributed by atoms with Crippen LogP contribution >= 0.6 is 11.6 Å². The van der Waals surface area contributed by atoms with Crippen LogP contribution in [-0.4, -0.2) is 27.6 Å². The molecule has 0 aliphatic heterocycles. The second kappa shape index (κ2) is 4.02. The van der Waals surface area contributed by atoms with Gasteiger partial charge in [-0.1, -0.05) is 11.6 Å². The largest absolute Gasteiger partial charge is 0.492 e. The predicted octanol–water partition coefficient (Wildman–Crippen LogP) is 2.40. The molecule has 0 unspecified atom stereocenters. The lowest BCUT2D eigenvalue weighted by atomic mass is 10.2. The number of aromatic nitrogens is 2. The van der Waals surface area contributed by atoms with Gasteiger partial charge < -0.3 is 9.84 Å². The van der Waals surface area contributed by atoms with E-state index in [1.165, 1.54) is 6.07 Å². The van der Waals surface area contributed by atoms with Gasteiger partial charge in [-0.15, -0.1) is 5.10 Å². The monoisotopic (exact) mass is 240 g/mol. The Morgan fingerprint density at radius 1 is 1.62 bits per heavy atom. The molecule has 0 saturated carbocycles. The Labute approximate surface area is 96.2 Å². The summed E-state index contributed by atoms with van der Waals surface area (Å²) in [5.41, 5.74) is 0.459. The summed E-state index contributed by atoms with van der Waals surface area (Å²) in [5, 5.41) is 14.1. The van der Waals surface area contributed by atoms with Gasteiger partial charge in [0.15, 0.2) is 0 Å². The number of fused-ring (bicyclic) bond motifs is 1. The lowest BCUT2D eigenvalue weighted by Crippen LogP contribution is -2.14. The zero-order chi connectivity index (χ0) is 11.7. The fraction of sp³-hybridized carbons (Fsp3) is 0.200. The van der Waals surface area contributed by atoms with Crippen molar-refractivity contribution in [1.29, 1.82) is 0 Å². The molecule has 0 atom stereocenters. The molecule has 0 aliphatic carbocycles. The van der Waals surface area contributed by atoms with Crippen molar-refractivity contribution >= 4 is 28.6 Å². The summed E-state index contributed by atoms with van der Waals surface area (Å²) in [6.45, 7) is 1.94. The maximum Gasteiger partial charge on any atom is 0.435 e. The third kappa shape index (κ3) is 1.69. The van der Waals surface area contributed by atoms with Crippen molar-refractivity contribution in [2.45, 2.75) is 6.92 Å². The number of rotatable bonds is 1. The molecule has 0 aliphatic rings. The molecule has 1 N–H and O–H groups in total. The fourth-order valence-corrected chi connectivity index (χ4v) is 1.57. The number of halogens is 1. The minimum Gasteiger partial charge on any atom is -0.492 e. The van der Waals surface area contributed by atoms with Crippen molar-refractivity contribution in [1.82, 2.24) is 9.78 Å². The van der Waals surface area contributed by atoms with E-state index < -0.39 is 6.09 Å². The van der Waals surface area contributed by atoms with Crippen LogP contribution in [0.2, 0.25) is 5.02 Å². The van der Waals surface area contributed by atoms with Crippen LogP contribution in [0, 0.1) is 0 Å². The minimum absolute atomic E-state index is 0.245. The van der Waals surface area contributed by atoms with Gasteiger partial charge in [-0.05, 0) is 25.1 Å². The van der Waals surface area contributed by atoms with Crippen molar-refractivity contribution in [3.8, 4) is 5.88 Å². The first kappa shape index (κ1) is 10.8. The maximum atomic E-state index is 11.5. The van der Waals surface area contributed by atoms with Crippen molar-refractivity contribution in [2.24, 2.45) is 0 Å². The van der Waals surface area contributed by atoms with Crippen molar-refractivity contribution < 1.29 is 14.6 Å². The summed E-state index contributed by atoms with van der Waals surface area (Å²) in [7, 11) is 0. The zero-order valence-electron chi connectivity index (χ0n) is 8.48. The number of hydrogen-bond donors (Lipinski definition) is 1. The topological polar surface area (TPSA) is 64.4 Å². The molecule has 5 nitrogen and oxygen atoms in total. The van der Waals surface area contributed by atoms with Crippen LogP contribution < -0.4 is 0 Å². The Bertz CT molecular complexity index is 550. The molecule has 1 heterocycles. The van der Waals surface area contributed by atoms with E-state index in [4.69, 9.17) is 16.3 Å². The van der Waals surface area contributed by atoms with E-state index in [1.54, 1.807) is 19.1 Å². The summed E-state index contributed by atoms with van der Waals surface area (Å²) in [5.74, 6) is -0.245. The van der Waals surface area contributed by atoms with Gasteiger partial charge in [0.1, 0.15) is 0 Å². The molecule has 0 bridgehead atoms. The third-order valence-corrected chi connectivity index (χ3v) is 2.30. The SMILES string of the molecule is CCOC(=O)n1nc(O)c2cc(Cl)ccc21. The molecule has 2 rings (SSSR count). The quantitative estimate of drug-likeness (QED) is 0.831. The predicted molar refractivity (Wildman–Crippen MR) is 58.8 cm³/mol. The molecule has 0 amide bonds. The molecule has 0 spiro atoms. The highest BCUT2D eigenvalue weighted by molar-refractivity contribution is 6.31. The van der Waals surface area contributed by atoms with Crippen LogP contribution in [0.3, 0.4) is 0 Å². The normalized spacial score (nSPS) is 10.6. The Morgan fingerprint density at radius 2 is 2.38 bits per heavy atom. The number of hydrogen-bond acceptors (Lipinski definition) is 4. The molecular formula is C10H9ClN2O3. The molecule has 0 saturated heterocycles. The first-order chi connectivity index (χ1) is 7.63. The van der Waals surface area contributed by atoms with E-state index in [2.05, 4.69) is 5.10 Å². The summed E-state index contributed by atoms with van der Waals surface area (Å²) in [6, 6.07) is 4.75.